The second kappa shape index (κ2) is 27.5. The predicted molar refractivity (Wildman–Crippen MR) is 357 cm³/mol. The first-order valence-corrected chi connectivity index (χ1v) is 32.5. The number of carbonyl (C=O) groups excluding carboxylic acids is 2. The number of nitrogens with one attached hydrogen (secondary N) is 4. The molecule has 0 bridgehead atoms. The molecule has 11 aromatic rings. The Labute approximate surface area is 539 Å². The first kappa shape index (κ1) is 63.5. The molecule has 0 unspecified atom stereocenters. The van der Waals surface area contributed by atoms with Gasteiger partial charge in [0.25, 0.3) is 0 Å². The smallest absolute Gasteiger partial charge is 0.320 e. The van der Waals surface area contributed by atoms with Gasteiger partial charge >= 0.3 is 12.1 Å². The fourth-order valence-electron chi connectivity index (χ4n) is 9.33. The van der Waals surface area contributed by atoms with Gasteiger partial charge in [-0.1, -0.05) is 157 Å². The van der Waals surface area contributed by atoms with Gasteiger partial charge in [-0.25, -0.2) is 19.0 Å². The van der Waals surface area contributed by atoms with E-state index in [9.17, 15) is 19.8 Å². The Morgan fingerprint density at radius 2 is 1.01 bits per heavy atom. The molecule has 5 aromatic carbocycles. The van der Waals surface area contributed by atoms with Gasteiger partial charge in [-0.05, 0) is 109 Å². The number of rotatable bonds is 19. The highest BCUT2D eigenvalue weighted by Gasteiger charge is 2.27. The maximum atomic E-state index is 13.3. The van der Waals surface area contributed by atoms with Crippen molar-refractivity contribution in [3.63, 3.8) is 0 Å². The Bertz CT molecular complexity index is 4370. The van der Waals surface area contributed by atoms with E-state index in [0.29, 0.717) is 36.1 Å². The fourth-order valence-corrected chi connectivity index (χ4v) is 12.2. The minimum Gasteiger partial charge on any atom is -0.506 e. The fraction of sp³-hybridized carbons (Fsp3) is 0.242. The molecule has 0 saturated carbocycles. The first-order valence-electron chi connectivity index (χ1n) is 28.8. The average molecular weight is 1290 g/mol. The van der Waals surface area contributed by atoms with Crippen LogP contribution in [0.2, 0.25) is 10.0 Å². The van der Waals surface area contributed by atoms with Crippen molar-refractivity contribution in [2.24, 2.45) is 0 Å². The van der Waals surface area contributed by atoms with Crippen LogP contribution < -0.4 is 21.3 Å². The normalized spacial score (nSPS) is 11.7. The molecule has 6 N–H and O–H groups in total. The van der Waals surface area contributed by atoms with E-state index >= 15 is 0 Å². The van der Waals surface area contributed by atoms with E-state index in [4.69, 9.17) is 33.4 Å². The van der Waals surface area contributed by atoms with E-state index in [1.165, 1.54) is 12.1 Å². The number of aromatic hydroxyl groups is 2. The molecule has 6 aromatic heterocycles. The topological polar surface area (TPSA) is 219 Å². The van der Waals surface area contributed by atoms with E-state index in [-0.39, 0.29) is 50.4 Å². The number of phenols is 2. The van der Waals surface area contributed by atoms with E-state index in [1.54, 1.807) is 68.9 Å². The monoisotopic (exact) mass is 1290 g/mol. The van der Waals surface area contributed by atoms with Gasteiger partial charge in [0, 0.05) is 84.4 Å². The second-order valence-corrected chi connectivity index (χ2v) is 26.5. The number of halogens is 2. The van der Waals surface area contributed by atoms with Crippen LogP contribution in [0.1, 0.15) is 102 Å². The number of amides is 4. The van der Waals surface area contributed by atoms with Crippen LogP contribution in [0.4, 0.5) is 21.2 Å². The molecule has 23 heteroatoms. The number of pyridine rings is 2. The molecule has 11 rings (SSSR count). The zero-order valence-corrected chi connectivity index (χ0v) is 54.5. The van der Waals surface area contributed by atoms with Crippen molar-refractivity contribution < 1.29 is 19.8 Å². The van der Waals surface area contributed by atoms with Crippen LogP contribution in [0, 0.1) is 0 Å². The predicted octanol–water partition coefficient (Wildman–Crippen LogP) is 16.4. The van der Waals surface area contributed by atoms with Gasteiger partial charge in [-0.2, -0.15) is 10.2 Å². The number of phenolic OH excluding ortho intramolecular Hbond substituents is 2. The van der Waals surface area contributed by atoms with Crippen molar-refractivity contribution in [1.82, 2.24) is 59.4 Å². The lowest BCUT2D eigenvalue weighted by atomic mass is 9.87. The number of hydrogen-bond acceptors (Lipinski definition) is 13. The Balaban J connectivity index is 0.000000197. The average Bonchev–Trinajstić information content (AvgIpc) is 1.91. The number of thioether (sulfide) groups is 1. The van der Waals surface area contributed by atoms with Crippen LogP contribution in [0.3, 0.4) is 0 Å². The minimum atomic E-state index is -0.375. The molecule has 4 amide bonds. The van der Waals surface area contributed by atoms with Gasteiger partial charge < -0.3 is 20.8 Å². The Hall–Kier alpha value is -8.47. The highest BCUT2D eigenvalue weighted by atomic mass is 35.5. The van der Waals surface area contributed by atoms with Gasteiger partial charge in [0.05, 0.1) is 32.8 Å². The van der Waals surface area contributed by atoms with Crippen LogP contribution in [0.5, 0.6) is 11.5 Å². The third-order valence-electron chi connectivity index (χ3n) is 15.3. The quantitative estimate of drug-likeness (QED) is 0.0416. The third kappa shape index (κ3) is 14.7. The summed E-state index contributed by atoms with van der Waals surface area (Å²) in [5.74, 6) is 2.90. The molecule has 0 aliphatic rings. The molecule has 0 saturated heterocycles. The summed E-state index contributed by atoms with van der Waals surface area (Å²) in [4.78, 5) is 31.7. The van der Waals surface area contributed by atoms with Gasteiger partial charge in [0.2, 0.25) is 0 Å². The summed E-state index contributed by atoms with van der Waals surface area (Å²) in [5.41, 5.74) is 7.04. The largest absolute Gasteiger partial charge is 0.506 e. The Morgan fingerprint density at radius 1 is 0.562 bits per heavy atom. The van der Waals surface area contributed by atoms with Crippen LogP contribution in [0.25, 0.3) is 34.1 Å². The Kier molecular flexibility index (Phi) is 19.6. The number of aromatic nitrogens is 10. The Morgan fingerprint density at radius 3 is 1.48 bits per heavy atom. The number of carbonyl (C=O) groups is 2. The van der Waals surface area contributed by atoms with Crippen LogP contribution in [-0.4, -0.2) is 77.3 Å². The number of nitrogens with zero attached hydrogens (tertiary/aromatic N) is 10. The molecule has 18 nitrogen and oxygen atoms in total. The van der Waals surface area contributed by atoms with E-state index in [0.717, 1.165) is 88.3 Å². The summed E-state index contributed by atoms with van der Waals surface area (Å²) < 4.78 is 7.31. The molecule has 0 atom stereocenters. The summed E-state index contributed by atoms with van der Waals surface area (Å²) in [5, 5.41) is 59.2. The molecular weight excluding hydrogens is 1220 g/mol. The van der Waals surface area contributed by atoms with Gasteiger partial charge in [-0.15, -0.1) is 32.2 Å². The van der Waals surface area contributed by atoms with Crippen LogP contribution >= 0.6 is 58.5 Å². The van der Waals surface area contributed by atoms with Gasteiger partial charge in [-0.3, -0.25) is 19.4 Å². The SMILES string of the molecule is CCC(C)(C)c1cc(NC(=O)NCc2ccccc2Sc2ccc3nnc(-c4ccccc4SC)n3c2)n(-c2ccc(O)c(Cl)c2)n1.CCC(C)(C)c1cc(NC(=O)NCc2ccccc2Sc2ccc3nnc(C(C)C)n3c2)n(-c2ccc(O)c(Cl)c2)n1. The number of fused-ring (bicyclic) bond motifs is 2. The molecule has 89 heavy (non-hydrogen) atoms. The maximum absolute atomic E-state index is 13.3. The van der Waals surface area contributed by atoms with Crippen molar-refractivity contribution in [3.8, 4) is 34.3 Å². The molecular formula is C66H68Cl2N14O4S3. The molecule has 0 radical (unpaired) electrons. The summed E-state index contributed by atoms with van der Waals surface area (Å²) in [6.45, 7) is 17.4. The third-order valence-corrected chi connectivity index (χ3v) is 18.9. The van der Waals surface area contributed by atoms with Crippen molar-refractivity contribution in [3.05, 3.63) is 196 Å². The highest BCUT2D eigenvalue weighted by Crippen LogP contribution is 2.37. The second-order valence-electron chi connectivity index (χ2n) is 22.6. The summed E-state index contributed by atoms with van der Waals surface area (Å²) in [6, 6.07) is 44.8. The number of urea groups is 2. The lowest BCUT2D eigenvalue weighted by Crippen LogP contribution is -2.29. The number of benzene rings is 5. The highest BCUT2D eigenvalue weighted by molar-refractivity contribution is 7.99. The summed E-state index contributed by atoms with van der Waals surface area (Å²) in [7, 11) is 0. The molecule has 0 aliphatic heterocycles. The van der Waals surface area contributed by atoms with E-state index < -0.39 is 0 Å². The lowest BCUT2D eigenvalue weighted by Gasteiger charge is -2.19. The zero-order chi connectivity index (χ0) is 63.1. The van der Waals surface area contributed by atoms with Gasteiger partial charge in [0.1, 0.15) is 29.0 Å². The molecule has 0 aliphatic carbocycles. The maximum Gasteiger partial charge on any atom is 0.320 e. The van der Waals surface area contributed by atoms with Crippen molar-refractivity contribution in [2.75, 3.05) is 16.9 Å². The van der Waals surface area contributed by atoms with Crippen molar-refractivity contribution in [1.29, 1.82) is 0 Å². The van der Waals surface area contributed by atoms with E-state index in [2.05, 4.69) is 128 Å². The first-order chi connectivity index (χ1) is 42.7. The standard InChI is InChI=1S/C35H34ClN7O2S2.C31H34ClN7O2S/c1-5-35(2,3)30-19-32(43(41-30)23-14-16-27(44)26(36)18-23)38-34(45)37-20-22-10-6-8-12-28(22)47-24-15-17-31-39-40-33(42(31)21-24)25-11-7-9-13-29(25)46-4;1-6-31(4,5)26-16-28(39(37-26)21-11-13-24(40)23(32)15-21)34-30(41)33-17-20-9-7-8-10-25(20)42-22-12-14-27-35-36-29(19(2)3)38(27)18-22/h6-19,21,44H,5,20H2,1-4H3,(H2,37,38,45);7-16,18-19,40H,6,17H2,1-5H3,(H2,33,34,41). The molecule has 0 fully saturated rings. The molecule has 0 spiro atoms. The van der Waals surface area contributed by atoms with Crippen LogP contribution in [-0.2, 0) is 23.9 Å². The van der Waals surface area contributed by atoms with Crippen LogP contribution in [0.15, 0.2) is 182 Å². The summed E-state index contributed by atoms with van der Waals surface area (Å²) in [6.07, 6.45) is 7.88. The number of hydrogen-bond donors (Lipinski definition) is 6. The summed E-state index contributed by atoms with van der Waals surface area (Å²) >= 11 is 17.3. The minimum absolute atomic E-state index is 0.0209. The lowest BCUT2D eigenvalue weighted by molar-refractivity contribution is 0.250. The van der Waals surface area contributed by atoms with Crippen molar-refractivity contribution >= 4 is 93.5 Å². The van der Waals surface area contributed by atoms with Gasteiger partial charge in [0.15, 0.2) is 17.1 Å². The zero-order valence-electron chi connectivity index (χ0n) is 50.6. The van der Waals surface area contributed by atoms with Crippen molar-refractivity contribution in [2.45, 2.75) is 123 Å². The molecule has 458 valence electrons. The van der Waals surface area contributed by atoms with E-state index in [1.807, 2.05) is 106 Å². The number of anilines is 2. The molecule has 6 heterocycles.